The summed E-state index contributed by atoms with van der Waals surface area (Å²) in [5.74, 6) is 0.127. The molecule has 1 heterocycles. The molecule has 1 aromatic rings. The Morgan fingerprint density at radius 1 is 1.41 bits per heavy atom. The van der Waals surface area contributed by atoms with Crippen LogP contribution in [0.2, 0.25) is 0 Å². The van der Waals surface area contributed by atoms with E-state index in [-0.39, 0.29) is 18.3 Å². The number of halogens is 1. The second-order valence-corrected chi connectivity index (χ2v) is 3.73. The molecular weight excluding hydrogens is 238 g/mol. The van der Waals surface area contributed by atoms with E-state index in [0.717, 1.165) is 25.2 Å². The van der Waals surface area contributed by atoms with E-state index < -0.39 is 0 Å². The lowest BCUT2D eigenvalue weighted by Gasteiger charge is -2.19. The molecule has 4 nitrogen and oxygen atoms in total. The zero-order valence-electron chi connectivity index (χ0n) is 10.3. The standard InChI is InChI=1S/C12H19N3O.ClH/c1-3-7-15(4-2)12(16)8-11-6-5-10(13)9-14-11;/h5-6,9H,3-4,7-8,13H2,1-2H3;1H. The summed E-state index contributed by atoms with van der Waals surface area (Å²) < 4.78 is 0. The molecule has 2 N–H and O–H groups in total. The molecule has 0 bridgehead atoms. The third-order valence-corrected chi connectivity index (χ3v) is 2.41. The van der Waals surface area contributed by atoms with Gasteiger partial charge in [-0.15, -0.1) is 12.4 Å². The Labute approximate surface area is 109 Å². The zero-order valence-corrected chi connectivity index (χ0v) is 11.2. The first-order valence-corrected chi connectivity index (χ1v) is 5.65. The van der Waals surface area contributed by atoms with Gasteiger partial charge in [-0.05, 0) is 25.5 Å². The van der Waals surface area contributed by atoms with E-state index in [0.29, 0.717) is 12.1 Å². The summed E-state index contributed by atoms with van der Waals surface area (Å²) in [6, 6.07) is 3.57. The third kappa shape index (κ3) is 5.04. The van der Waals surface area contributed by atoms with Gasteiger partial charge in [-0.2, -0.15) is 0 Å². The molecule has 0 atom stereocenters. The molecule has 1 aromatic heterocycles. The predicted octanol–water partition coefficient (Wildman–Crippen LogP) is 1.89. The van der Waals surface area contributed by atoms with E-state index in [1.54, 1.807) is 18.3 Å². The van der Waals surface area contributed by atoms with Crippen LogP contribution in [0.3, 0.4) is 0 Å². The Morgan fingerprint density at radius 2 is 2.12 bits per heavy atom. The number of anilines is 1. The van der Waals surface area contributed by atoms with E-state index in [1.807, 2.05) is 11.8 Å². The summed E-state index contributed by atoms with van der Waals surface area (Å²) >= 11 is 0. The number of hydrogen-bond acceptors (Lipinski definition) is 3. The van der Waals surface area contributed by atoms with Crippen LogP contribution >= 0.6 is 12.4 Å². The van der Waals surface area contributed by atoms with E-state index >= 15 is 0 Å². The summed E-state index contributed by atoms with van der Waals surface area (Å²) in [5.41, 5.74) is 6.93. The Bertz CT molecular complexity index is 340. The van der Waals surface area contributed by atoms with Gasteiger partial charge in [0.1, 0.15) is 0 Å². The van der Waals surface area contributed by atoms with Crippen LogP contribution in [0.4, 0.5) is 5.69 Å². The van der Waals surface area contributed by atoms with Crippen molar-refractivity contribution in [2.75, 3.05) is 18.8 Å². The molecule has 0 unspecified atom stereocenters. The largest absolute Gasteiger partial charge is 0.397 e. The molecule has 1 amide bonds. The highest BCUT2D eigenvalue weighted by molar-refractivity contribution is 5.85. The van der Waals surface area contributed by atoms with Gasteiger partial charge in [0, 0.05) is 18.8 Å². The van der Waals surface area contributed by atoms with Crippen LogP contribution in [0.5, 0.6) is 0 Å². The second kappa shape index (κ2) is 7.90. The smallest absolute Gasteiger partial charge is 0.228 e. The third-order valence-electron chi connectivity index (χ3n) is 2.41. The number of rotatable bonds is 5. The van der Waals surface area contributed by atoms with Crippen LogP contribution in [0, 0.1) is 0 Å². The number of pyridine rings is 1. The fourth-order valence-electron chi connectivity index (χ4n) is 1.54. The summed E-state index contributed by atoms with van der Waals surface area (Å²) in [6.07, 6.45) is 2.92. The van der Waals surface area contributed by atoms with E-state index in [1.165, 1.54) is 0 Å². The molecule has 0 radical (unpaired) electrons. The lowest BCUT2D eigenvalue weighted by molar-refractivity contribution is -0.130. The molecule has 0 aromatic carbocycles. The second-order valence-electron chi connectivity index (χ2n) is 3.73. The SMILES string of the molecule is CCCN(CC)C(=O)Cc1ccc(N)cn1.Cl. The van der Waals surface area contributed by atoms with Crippen molar-refractivity contribution in [3.8, 4) is 0 Å². The normalized spacial score (nSPS) is 9.53. The van der Waals surface area contributed by atoms with Crippen LogP contribution in [-0.4, -0.2) is 28.9 Å². The number of nitrogens with zero attached hydrogens (tertiary/aromatic N) is 2. The number of amides is 1. The van der Waals surface area contributed by atoms with Crippen molar-refractivity contribution in [3.63, 3.8) is 0 Å². The van der Waals surface area contributed by atoms with Crippen molar-refractivity contribution in [2.45, 2.75) is 26.7 Å². The van der Waals surface area contributed by atoms with Crippen LogP contribution < -0.4 is 5.73 Å². The number of nitrogen functional groups attached to an aromatic ring is 1. The van der Waals surface area contributed by atoms with Crippen molar-refractivity contribution in [1.29, 1.82) is 0 Å². The molecule has 17 heavy (non-hydrogen) atoms. The fraction of sp³-hybridized carbons (Fsp3) is 0.500. The summed E-state index contributed by atoms with van der Waals surface area (Å²) in [7, 11) is 0. The lowest BCUT2D eigenvalue weighted by atomic mass is 10.2. The molecule has 0 aliphatic heterocycles. The Kier molecular flexibility index (Phi) is 7.30. The molecule has 0 saturated carbocycles. The molecule has 0 saturated heterocycles. The van der Waals surface area contributed by atoms with Crippen molar-refractivity contribution < 1.29 is 4.79 Å². The quantitative estimate of drug-likeness (QED) is 0.876. The molecule has 0 aliphatic rings. The van der Waals surface area contributed by atoms with E-state index in [9.17, 15) is 4.79 Å². The zero-order chi connectivity index (χ0) is 12.0. The van der Waals surface area contributed by atoms with Crippen molar-refractivity contribution >= 4 is 24.0 Å². The number of likely N-dealkylation sites (N-methyl/N-ethyl adjacent to an activating group) is 1. The average Bonchev–Trinajstić information content (AvgIpc) is 2.29. The number of nitrogens with two attached hydrogens (primary N) is 1. The maximum atomic E-state index is 11.9. The minimum absolute atomic E-state index is 0. The Hall–Kier alpha value is -1.29. The highest BCUT2D eigenvalue weighted by Gasteiger charge is 2.11. The van der Waals surface area contributed by atoms with E-state index in [2.05, 4.69) is 11.9 Å². The number of carbonyl (C=O) groups excluding carboxylic acids is 1. The molecule has 0 spiro atoms. The van der Waals surface area contributed by atoms with Gasteiger partial charge < -0.3 is 10.6 Å². The predicted molar refractivity (Wildman–Crippen MR) is 72.1 cm³/mol. The van der Waals surface area contributed by atoms with Crippen molar-refractivity contribution in [1.82, 2.24) is 9.88 Å². The summed E-state index contributed by atoms with van der Waals surface area (Å²) in [6.45, 7) is 5.62. The highest BCUT2D eigenvalue weighted by atomic mass is 35.5. The van der Waals surface area contributed by atoms with Gasteiger partial charge in [0.05, 0.1) is 18.3 Å². The van der Waals surface area contributed by atoms with Gasteiger partial charge in [0.15, 0.2) is 0 Å². The van der Waals surface area contributed by atoms with Gasteiger partial charge in [-0.1, -0.05) is 6.92 Å². The molecule has 1 rings (SSSR count). The minimum Gasteiger partial charge on any atom is -0.397 e. The van der Waals surface area contributed by atoms with Crippen LogP contribution in [-0.2, 0) is 11.2 Å². The van der Waals surface area contributed by atoms with Gasteiger partial charge in [-0.3, -0.25) is 9.78 Å². The van der Waals surface area contributed by atoms with Crippen molar-refractivity contribution in [3.05, 3.63) is 24.0 Å². The van der Waals surface area contributed by atoms with Crippen LogP contribution in [0.25, 0.3) is 0 Å². The average molecular weight is 258 g/mol. The van der Waals surface area contributed by atoms with Crippen molar-refractivity contribution in [2.24, 2.45) is 0 Å². The number of carbonyl (C=O) groups is 1. The lowest BCUT2D eigenvalue weighted by Crippen LogP contribution is -2.32. The topological polar surface area (TPSA) is 59.2 Å². The first kappa shape index (κ1) is 15.7. The van der Waals surface area contributed by atoms with Gasteiger partial charge in [0.2, 0.25) is 5.91 Å². The highest BCUT2D eigenvalue weighted by Crippen LogP contribution is 2.04. The maximum Gasteiger partial charge on any atom is 0.228 e. The molecule has 96 valence electrons. The molecule has 0 aliphatic carbocycles. The summed E-state index contributed by atoms with van der Waals surface area (Å²) in [5, 5.41) is 0. The first-order valence-electron chi connectivity index (χ1n) is 5.65. The van der Waals surface area contributed by atoms with Gasteiger partial charge in [0.25, 0.3) is 0 Å². The summed E-state index contributed by atoms with van der Waals surface area (Å²) in [4.78, 5) is 17.8. The fourth-order valence-corrected chi connectivity index (χ4v) is 1.54. The van der Waals surface area contributed by atoms with Gasteiger partial charge >= 0.3 is 0 Å². The maximum absolute atomic E-state index is 11.9. The monoisotopic (exact) mass is 257 g/mol. The van der Waals surface area contributed by atoms with Crippen LogP contribution in [0.15, 0.2) is 18.3 Å². The first-order chi connectivity index (χ1) is 7.67. The minimum atomic E-state index is 0. The van der Waals surface area contributed by atoms with Crippen LogP contribution in [0.1, 0.15) is 26.0 Å². The van der Waals surface area contributed by atoms with E-state index in [4.69, 9.17) is 5.73 Å². The van der Waals surface area contributed by atoms with Gasteiger partial charge in [-0.25, -0.2) is 0 Å². The number of hydrogen-bond donors (Lipinski definition) is 1. The Balaban J connectivity index is 0.00000256. The molecular formula is C12H20ClN3O. The Morgan fingerprint density at radius 3 is 2.59 bits per heavy atom. The number of aromatic nitrogens is 1. The molecule has 0 fully saturated rings. The molecule has 5 heteroatoms.